The molecule has 1 aromatic carbocycles. The van der Waals surface area contributed by atoms with Gasteiger partial charge in [0.25, 0.3) is 11.8 Å². The Morgan fingerprint density at radius 1 is 1.04 bits per heavy atom. The first-order valence-electron chi connectivity index (χ1n) is 8.57. The highest BCUT2D eigenvalue weighted by atomic mass is 32.2. The van der Waals surface area contributed by atoms with E-state index in [0.29, 0.717) is 12.1 Å². The monoisotopic (exact) mass is 405 g/mol. The second-order valence-electron chi connectivity index (χ2n) is 6.48. The van der Waals surface area contributed by atoms with Gasteiger partial charge in [-0.3, -0.25) is 25.2 Å². The van der Waals surface area contributed by atoms with Crippen molar-refractivity contribution in [3.05, 3.63) is 54.0 Å². The van der Waals surface area contributed by atoms with Crippen LogP contribution >= 0.6 is 0 Å². The summed E-state index contributed by atoms with van der Waals surface area (Å²) in [6, 6.07) is 9.19. The van der Waals surface area contributed by atoms with Crippen molar-refractivity contribution >= 4 is 33.2 Å². The van der Waals surface area contributed by atoms with E-state index in [1.807, 2.05) is 0 Å². The second kappa shape index (κ2) is 8.26. The normalized spacial score (nSPS) is 17.6. The first-order valence-corrected chi connectivity index (χ1v) is 10.4. The number of sulfone groups is 1. The molecule has 148 valence electrons. The van der Waals surface area contributed by atoms with Crippen LogP contribution in [-0.2, 0) is 14.6 Å². The Labute approximate surface area is 161 Å². The highest BCUT2D eigenvalue weighted by molar-refractivity contribution is 7.91. The standard InChI is InChI=1S/C18H19N3O6S/c22-16(10-12-7-9-28(25,26)11-12)20-21-17(23)13-3-5-14(6-4-13)19-18(24)15-2-1-8-27-15/h1-6,8,12H,7,9-11H2,(H,19,24)(H,20,22)(H,21,23)/t12-/m1/s1. The fourth-order valence-electron chi connectivity index (χ4n) is 2.85. The highest BCUT2D eigenvalue weighted by Gasteiger charge is 2.29. The molecular formula is C18H19N3O6S. The molecule has 0 unspecified atom stereocenters. The van der Waals surface area contributed by atoms with Crippen LogP contribution in [0, 0.1) is 5.92 Å². The van der Waals surface area contributed by atoms with Crippen LogP contribution in [-0.4, -0.2) is 37.6 Å². The van der Waals surface area contributed by atoms with Gasteiger partial charge in [0, 0.05) is 17.7 Å². The fourth-order valence-corrected chi connectivity index (χ4v) is 4.71. The van der Waals surface area contributed by atoms with E-state index in [-0.39, 0.29) is 35.2 Å². The quantitative estimate of drug-likeness (QED) is 0.638. The molecule has 0 bridgehead atoms. The maximum absolute atomic E-state index is 12.1. The maximum Gasteiger partial charge on any atom is 0.291 e. The molecule has 1 aromatic heterocycles. The van der Waals surface area contributed by atoms with E-state index in [1.165, 1.54) is 24.5 Å². The van der Waals surface area contributed by atoms with E-state index in [1.54, 1.807) is 18.2 Å². The molecule has 3 rings (SSSR count). The van der Waals surface area contributed by atoms with Crippen LogP contribution in [0.2, 0.25) is 0 Å². The number of amides is 3. The minimum Gasteiger partial charge on any atom is -0.459 e. The van der Waals surface area contributed by atoms with Gasteiger partial charge in [-0.05, 0) is 48.7 Å². The van der Waals surface area contributed by atoms with Crippen LogP contribution < -0.4 is 16.2 Å². The number of hydrazine groups is 1. The van der Waals surface area contributed by atoms with Gasteiger partial charge in [0.2, 0.25) is 5.91 Å². The van der Waals surface area contributed by atoms with Gasteiger partial charge in [-0.15, -0.1) is 0 Å². The maximum atomic E-state index is 12.1. The van der Waals surface area contributed by atoms with Crippen LogP contribution in [0.3, 0.4) is 0 Å². The SMILES string of the molecule is O=C(C[C@H]1CCS(=O)(=O)C1)NNC(=O)c1ccc(NC(=O)c2ccco2)cc1. The van der Waals surface area contributed by atoms with Crippen molar-refractivity contribution in [1.82, 2.24) is 10.9 Å². The Bertz CT molecular complexity index is 967. The van der Waals surface area contributed by atoms with E-state index in [9.17, 15) is 22.8 Å². The van der Waals surface area contributed by atoms with E-state index in [0.717, 1.165) is 0 Å². The second-order valence-corrected chi connectivity index (χ2v) is 8.71. The predicted molar refractivity (Wildman–Crippen MR) is 100 cm³/mol. The fraction of sp³-hybridized carbons (Fsp3) is 0.278. The summed E-state index contributed by atoms with van der Waals surface area (Å²) in [4.78, 5) is 35.8. The summed E-state index contributed by atoms with van der Waals surface area (Å²) in [6.45, 7) is 0. The van der Waals surface area contributed by atoms with Crippen LogP contribution in [0.15, 0.2) is 47.1 Å². The van der Waals surface area contributed by atoms with E-state index >= 15 is 0 Å². The van der Waals surface area contributed by atoms with Gasteiger partial charge in [-0.25, -0.2) is 8.42 Å². The van der Waals surface area contributed by atoms with Gasteiger partial charge in [-0.2, -0.15) is 0 Å². The van der Waals surface area contributed by atoms with Gasteiger partial charge in [0.15, 0.2) is 15.6 Å². The lowest BCUT2D eigenvalue weighted by Gasteiger charge is -2.10. The number of furan rings is 1. The van der Waals surface area contributed by atoms with Crippen molar-refractivity contribution in [3.8, 4) is 0 Å². The number of carbonyl (C=O) groups is 3. The highest BCUT2D eigenvalue weighted by Crippen LogP contribution is 2.21. The topological polar surface area (TPSA) is 135 Å². The van der Waals surface area contributed by atoms with Gasteiger partial charge < -0.3 is 9.73 Å². The Hall–Kier alpha value is -3.14. The Morgan fingerprint density at radius 2 is 1.79 bits per heavy atom. The Balaban J connectivity index is 1.46. The molecule has 2 heterocycles. The summed E-state index contributed by atoms with van der Waals surface area (Å²) < 4.78 is 27.8. The zero-order valence-electron chi connectivity index (χ0n) is 14.8. The van der Waals surface area contributed by atoms with Gasteiger partial charge in [-0.1, -0.05) is 0 Å². The zero-order chi connectivity index (χ0) is 20.1. The van der Waals surface area contributed by atoms with Crippen LogP contribution in [0.4, 0.5) is 5.69 Å². The molecular weight excluding hydrogens is 386 g/mol. The third kappa shape index (κ3) is 5.19. The zero-order valence-corrected chi connectivity index (χ0v) is 15.6. The molecule has 0 saturated carbocycles. The first kappa shape index (κ1) is 19.6. The van der Waals surface area contributed by atoms with E-state index in [2.05, 4.69) is 16.2 Å². The molecule has 0 spiro atoms. The molecule has 3 N–H and O–H groups in total. The number of carbonyl (C=O) groups excluding carboxylic acids is 3. The summed E-state index contributed by atoms with van der Waals surface area (Å²) in [5.74, 6) is -1.35. The molecule has 10 heteroatoms. The van der Waals surface area contributed by atoms with E-state index in [4.69, 9.17) is 4.42 Å². The van der Waals surface area contributed by atoms with Gasteiger partial charge in [0.05, 0.1) is 17.8 Å². The summed E-state index contributed by atoms with van der Waals surface area (Å²) in [6.07, 6.45) is 1.88. The van der Waals surface area contributed by atoms with Crippen molar-refractivity contribution in [1.29, 1.82) is 0 Å². The molecule has 0 radical (unpaired) electrons. The third-order valence-electron chi connectivity index (χ3n) is 4.27. The van der Waals surface area contributed by atoms with Crippen molar-refractivity contribution in [2.24, 2.45) is 5.92 Å². The predicted octanol–water partition coefficient (Wildman–Crippen LogP) is 1.12. The largest absolute Gasteiger partial charge is 0.459 e. The lowest BCUT2D eigenvalue weighted by atomic mass is 10.1. The number of anilines is 1. The van der Waals surface area contributed by atoms with Gasteiger partial charge >= 0.3 is 0 Å². The molecule has 9 nitrogen and oxygen atoms in total. The van der Waals surface area contributed by atoms with Crippen LogP contribution in [0.5, 0.6) is 0 Å². The molecule has 1 atom stereocenters. The summed E-state index contributed by atoms with van der Waals surface area (Å²) in [5.41, 5.74) is 5.32. The minimum atomic E-state index is -3.05. The number of nitrogens with one attached hydrogen (secondary N) is 3. The van der Waals surface area contributed by atoms with E-state index < -0.39 is 27.6 Å². The Kier molecular flexibility index (Phi) is 5.78. The smallest absolute Gasteiger partial charge is 0.291 e. The first-order chi connectivity index (χ1) is 13.3. The van der Waals surface area contributed by atoms with Crippen molar-refractivity contribution < 1.29 is 27.2 Å². The lowest BCUT2D eigenvalue weighted by molar-refractivity contribution is -0.122. The molecule has 1 aliphatic heterocycles. The summed E-state index contributed by atoms with van der Waals surface area (Å²) in [7, 11) is -3.05. The molecule has 1 aliphatic rings. The number of hydrogen-bond donors (Lipinski definition) is 3. The minimum absolute atomic E-state index is 0.000442. The third-order valence-corrected chi connectivity index (χ3v) is 6.10. The Morgan fingerprint density at radius 3 is 2.39 bits per heavy atom. The molecule has 1 fully saturated rings. The van der Waals surface area contributed by atoms with Gasteiger partial charge in [0.1, 0.15) is 0 Å². The molecule has 2 aromatic rings. The van der Waals surface area contributed by atoms with Crippen LogP contribution in [0.1, 0.15) is 33.8 Å². The lowest BCUT2D eigenvalue weighted by Crippen LogP contribution is -2.42. The van der Waals surface area contributed by atoms with Crippen molar-refractivity contribution in [3.63, 3.8) is 0 Å². The average Bonchev–Trinajstić information content (AvgIpc) is 3.30. The average molecular weight is 405 g/mol. The van der Waals surface area contributed by atoms with Crippen molar-refractivity contribution in [2.45, 2.75) is 12.8 Å². The van der Waals surface area contributed by atoms with Crippen molar-refractivity contribution in [2.75, 3.05) is 16.8 Å². The molecule has 28 heavy (non-hydrogen) atoms. The molecule has 1 saturated heterocycles. The number of rotatable bonds is 5. The summed E-state index contributed by atoms with van der Waals surface area (Å²) in [5, 5.41) is 2.62. The summed E-state index contributed by atoms with van der Waals surface area (Å²) >= 11 is 0. The number of benzene rings is 1. The van der Waals surface area contributed by atoms with Crippen LogP contribution in [0.25, 0.3) is 0 Å². The molecule has 3 amide bonds. The number of hydrogen-bond acceptors (Lipinski definition) is 6. The molecule has 0 aliphatic carbocycles.